The molecule has 0 bridgehead atoms. The Hall–Kier alpha value is -4.13. The fraction of sp³-hybridized carbons (Fsp3) is 0.0870. The summed E-state index contributed by atoms with van der Waals surface area (Å²) >= 11 is 0. The van der Waals surface area contributed by atoms with E-state index >= 15 is 0 Å². The van der Waals surface area contributed by atoms with Crippen molar-refractivity contribution >= 4 is 17.2 Å². The largest absolute Gasteiger partial charge is 0.478 e. The molecule has 0 aromatic heterocycles. The Morgan fingerprint density at radius 1 is 0.867 bits per heavy atom. The van der Waals surface area contributed by atoms with Crippen molar-refractivity contribution in [1.29, 1.82) is 0 Å². The highest BCUT2D eigenvalue weighted by Gasteiger charge is 2.17. The smallest absolute Gasteiger partial charge is 0.336 e. The molecular weight excluding hydrogens is 386 g/mol. The van der Waals surface area contributed by atoms with E-state index < -0.39 is 10.9 Å². The van der Waals surface area contributed by atoms with Crippen LogP contribution in [0.1, 0.15) is 19.4 Å². The van der Waals surface area contributed by atoms with E-state index in [-0.39, 0.29) is 11.3 Å². The topological polar surface area (TPSA) is 98.9 Å². The fourth-order valence-corrected chi connectivity index (χ4v) is 2.86. The lowest BCUT2D eigenvalue weighted by atomic mass is 10.0. The number of carbonyl (C=O) groups is 1. The molecule has 0 amide bonds. The Morgan fingerprint density at radius 3 is 2.10 bits per heavy atom. The van der Waals surface area contributed by atoms with E-state index in [1.165, 1.54) is 24.3 Å². The van der Waals surface area contributed by atoms with Crippen molar-refractivity contribution in [3.05, 3.63) is 94.0 Å². The van der Waals surface area contributed by atoms with Crippen molar-refractivity contribution in [3.63, 3.8) is 0 Å². The Bertz CT molecular complexity index is 1110. The molecule has 152 valence electrons. The highest BCUT2D eigenvalue weighted by molar-refractivity contribution is 6.17. The van der Waals surface area contributed by atoms with Gasteiger partial charge < -0.3 is 14.6 Å². The molecule has 0 saturated heterocycles. The summed E-state index contributed by atoms with van der Waals surface area (Å²) in [5, 5.41) is 20.3. The van der Waals surface area contributed by atoms with Gasteiger partial charge in [-0.05, 0) is 44.2 Å². The molecule has 3 aromatic carbocycles. The Kier molecular flexibility index (Phi) is 6.12. The van der Waals surface area contributed by atoms with Crippen LogP contribution in [0.25, 0.3) is 5.57 Å². The summed E-state index contributed by atoms with van der Waals surface area (Å²) in [7, 11) is 0. The number of para-hydroxylation sites is 1. The predicted octanol–water partition coefficient (Wildman–Crippen LogP) is 6.06. The molecule has 0 aliphatic carbocycles. The molecule has 0 atom stereocenters. The number of nitro groups is 1. The molecule has 7 nitrogen and oxygen atoms in total. The summed E-state index contributed by atoms with van der Waals surface area (Å²) in [5.41, 5.74) is 1.30. The molecule has 0 aliphatic heterocycles. The molecule has 7 heteroatoms. The Balaban J connectivity index is 1.85. The number of nitrogens with zero attached hydrogens (tertiary/aromatic N) is 1. The second-order valence-electron chi connectivity index (χ2n) is 6.61. The van der Waals surface area contributed by atoms with Gasteiger partial charge in [0.15, 0.2) is 0 Å². The molecule has 1 N–H and O–H groups in total. The van der Waals surface area contributed by atoms with Crippen LogP contribution in [0, 0.1) is 10.1 Å². The second-order valence-corrected chi connectivity index (χ2v) is 6.61. The van der Waals surface area contributed by atoms with Gasteiger partial charge in [0.2, 0.25) is 0 Å². The Labute approximate surface area is 173 Å². The number of benzene rings is 3. The summed E-state index contributed by atoms with van der Waals surface area (Å²) in [4.78, 5) is 22.0. The van der Waals surface area contributed by atoms with Crippen molar-refractivity contribution in [1.82, 2.24) is 0 Å². The van der Waals surface area contributed by atoms with Gasteiger partial charge in [-0.25, -0.2) is 4.79 Å². The average molecular weight is 405 g/mol. The van der Waals surface area contributed by atoms with Crippen LogP contribution in [-0.4, -0.2) is 16.0 Å². The van der Waals surface area contributed by atoms with Crippen molar-refractivity contribution in [3.8, 4) is 23.0 Å². The van der Waals surface area contributed by atoms with E-state index in [1.54, 1.807) is 62.4 Å². The van der Waals surface area contributed by atoms with Gasteiger partial charge in [-0.1, -0.05) is 29.8 Å². The van der Waals surface area contributed by atoms with Crippen LogP contribution in [-0.2, 0) is 4.79 Å². The highest BCUT2D eigenvalue weighted by Crippen LogP contribution is 2.34. The molecule has 3 aromatic rings. The lowest BCUT2D eigenvalue weighted by molar-refractivity contribution is -0.384. The third-order valence-electron chi connectivity index (χ3n) is 4.19. The number of hydrogen-bond donors (Lipinski definition) is 1. The minimum atomic E-state index is -1.03. The maximum absolute atomic E-state index is 11.7. The number of allylic oxidation sites excluding steroid dienone is 1. The van der Waals surface area contributed by atoms with Crippen LogP contribution in [0.2, 0.25) is 0 Å². The molecule has 3 rings (SSSR count). The van der Waals surface area contributed by atoms with Crippen LogP contribution in [0.15, 0.2) is 78.4 Å². The van der Waals surface area contributed by atoms with Crippen LogP contribution < -0.4 is 9.47 Å². The first-order valence-corrected chi connectivity index (χ1v) is 9.05. The summed E-state index contributed by atoms with van der Waals surface area (Å²) in [6, 6.07) is 19.5. The van der Waals surface area contributed by atoms with E-state index in [9.17, 15) is 20.0 Å². The first kappa shape index (κ1) is 20.6. The number of nitro benzene ring substituents is 1. The number of hydrogen-bond acceptors (Lipinski definition) is 5. The van der Waals surface area contributed by atoms with E-state index in [0.717, 1.165) is 0 Å². The van der Waals surface area contributed by atoms with Gasteiger partial charge >= 0.3 is 5.97 Å². The standard InChI is InChI=1S/C23H19NO6/c1-15(2)22(23(25)26)20-8-3-4-9-21(20)30-19-7-5-6-18(14-19)29-17-12-10-16(11-13-17)24(27)28/h3-14H,1-2H3,(H,25,26). The molecular formula is C23H19NO6. The van der Waals surface area contributed by atoms with E-state index in [1.807, 2.05) is 0 Å². The summed E-state index contributed by atoms with van der Waals surface area (Å²) < 4.78 is 11.7. The number of non-ortho nitro benzene ring substituents is 1. The highest BCUT2D eigenvalue weighted by atomic mass is 16.6. The van der Waals surface area contributed by atoms with Gasteiger partial charge in [0.25, 0.3) is 5.69 Å². The van der Waals surface area contributed by atoms with Crippen molar-refractivity contribution in [2.24, 2.45) is 0 Å². The molecule has 0 heterocycles. The second kappa shape index (κ2) is 8.91. The van der Waals surface area contributed by atoms with Crippen molar-refractivity contribution < 1.29 is 24.3 Å². The summed E-state index contributed by atoms with van der Waals surface area (Å²) in [6.07, 6.45) is 0. The van der Waals surface area contributed by atoms with E-state index in [4.69, 9.17) is 9.47 Å². The molecule has 0 aliphatic rings. The van der Waals surface area contributed by atoms with Crippen LogP contribution >= 0.6 is 0 Å². The minimum absolute atomic E-state index is 0.0236. The van der Waals surface area contributed by atoms with Crippen molar-refractivity contribution in [2.45, 2.75) is 13.8 Å². The number of aliphatic carboxylic acids is 1. The van der Waals surface area contributed by atoms with Gasteiger partial charge in [0.1, 0.15) is 23.0 Å². The van der Waals surface area contributed by atoms with Gasteiger partial charge in [0.05, 0.1) is 10.5 Å². The first-order chi connectivity index (χ1) is 14.3. The van der Waals surface area contributed by atoms with Gasteiger partial charge in [-0.3, -0.25) is 10.1 Å². The lowest BCUT2D eigenvalue weighted by Gasteiger charge is -2.14. The number of carboxylic acids is 1. The SMILES string of the molecule is CC(C)=C(C(=O)O)c1ccccc1Oc1cccc(Oc2ccc([N+](=O)[O-])cc2)c1. The summed E-state index contributed by atoms with van der Waals surface area (Å²) in [5.74, 6) is 0.751. The van der Waals surface area contributed by atoms with Gasteiger partial charge in [-0.2, -0.15) is 0 Å². The molecule has 30 heavy (non-hydrogen) atoms. The zero-order valence-corrected chi connectivity index (χ0v) is 16.4. The number of rotatable bonds is 7. The first-order valence-electron chi connectivity index (χ1n) is 9.05. The Morgan fingerprint density at radius 2 is 1.50 bits per heavy atom. The van der Waals surface area contributed by atoms with Crippen LogP contribution in [0.3, 0.4) is 0 Å². The number of ether oxygens (including phenoxy) is 2. The molecule has 0 saturated carbocycles. The molecule has 0 radical (unpaired) electrons. The lowest BCUT2D eigenvalue weighted by Crippen LogP contribution is -2.03. The van der Waals surface area contributed by atoms with Crippen LogP contribution in [0.4, 0.5) is 5.69 Å². The van der Waals surface area contributed by atoms with Crippen molar-refractivity contribution in [2.75, 3.05) is 0 Å². The maximum Gasteiger partial charge on any atom is 0.336 e. The third-order valence-corrected chi connectivity index (χ3v) is 4.19. The zero-order chi connectivity index (χ0) is 21.7. The monoisotopic (exact) mass is 405 g/mol. The molecule has 0 spiro atoms. The average Bonchev–Trinajstić information content (AvgIpc) is 2.69. The number of carboxylic acid groups (broad SMARTS) is 1. The minimum Gasteiger partial charge on any atom is -0.478 e. The van der Waals surface area contributed by atoms with Crippen LogP contribution in [0.5, 0.6) is 23.0 Å². The fourth-order valence-electron chi connectivity index (χ4n) is 2.86. The third kappa shape index (κ3) is 4.82. The van der Waals surface area contributed by atoms with Gasteiger partial charge in [-0.15, -0.1) is 0 Å². The quantitative estimate of drug-likeness (QED) is 0.291. The zero-order valence-electron chi connectivity index (χ0n) is 16.4. The normalized spacial score (nSPS) is 10.2. The van der Waals surface area contributed by atoms with Gasteiger partial charge in [0, 0.05) is 23.8 Å². The summed E-state index contributed by atoms with van der Waals surface area (Å²) in [6.45, 7) is 3.47. The maximum atomic E-state index is 11.7. The van der Waals surface area contributed by atoms with E-state index in [2.05, 4.69) is 0 Å². The molecule has 0 unspecified atom stereocenters. The molecule has 0 fully saturated rings. The van der Waals surface area contributed by atoms with E-state index in [0.29, 0.717) is 34.1 Å². The predicted molar refractivity (Wildman–Crippen MR) is 112 cm³/mol.